The van der Waals surface area contributed by atoms with Gasteiger partial charge in [-0.1, -0.05) is 13.8 Å². The van der Waals surface area contributed by atoms with Crippen LogP contribution in [0.1, 0.15) is 34.1 Å². The lowest BCUT2D eigenvalue weighted by molar-refractivity contribution is -0.183. The second-order valence-corrected chi connectivity index (χ2v) is 6.27. The largest absolute Gasteiger partial charge is 0.378 e. The number of carbonyl (C=O) groups excluding carboxylic acids is 1. The van der Waals surface area contributed by atoms with E-state index in [9.17, 15) is 4.79 Å². The Balaban J connectivity index is 2.07. The van der Waals surface area contributed by atoms with Crippen LogP contribution >= 0.6 is 0 Å². The highest BCUT2D eigenvalue weighted by atomic mass is 16.5. The van der Waals surface area contributed by atoms with Crippen LogP contribution in [0.2, 0.25) is 0 Å². The van der Waals surface area contributed by atoms with E-state index in [1.165, 1.54) is 0 Å². The Bertz CT molecular complexity index is 359. The molecular weight excluding hydrogens is 244 g/mol. The van der Waals surface area contributed by atoms with Gasteiger partial charge in [-0.05, 0) is 13.8 Å². The number of hydrogen-bond acceptors (Lipinski definition) is 4. The normalized spacial score (nSPS) is 37.8. The van der Waals surface area contributed by atoms with Gasteiger partial charge in [0.15, 0.2) is 0 Å². The SMILES string of the molecule is CCOC1CC(N)(C(=O)N2CCOC(C)C2)C1(C)C. The predicted octanol–water partition coefficient (Wildman–Crippen LogP) is 0.766. The van der Waals surface area contributed by atoms with Crippen LogP contribution < -0.4 is 5.73 Å². The molecule has 1 saturated carbocycles. The van der Waals surface area contributed by atoms with Crippen LogP contribution in [0.5, 0.6) is 0 Å². The van der Waals surface area contributed by atoms with Gasteiger partial charge in [-0.2, -0.15) is 0 Å². The highest BCUT2D eigenvalue weighted by Gasteiger charge is 2.63. The van der Waals surface area contributed by atoms with E-state index < -0.39 is 5.54 Å². The van der Waals surface area contributed by atoms with Crippen molar-refractivity contribution in [2.75, 3.05) is 26.3 Å². The lowest BCUT2D eigenvalue weighted by Crippen LogP contribution is -2.76. The average Bonchev–Trinajstić information content (AvgIpc) is 2.37. The molecule has 2 N–H and O–H groups in total. The monoisotopic (exact) mass is 270 g/mol. The van der Waals surface area contributed by atoms with Crippen LogP contribution in [0.4, 0.5) is 0 Å². The van der Waals surface area contributed by atoms with Gasteiger partial charge in [-0.15, -0.1) is 0 Å². The lowest BCUT2D eigenvalue weighted by Gasteiger charge is -2.59. The van der Waals surface area contributed by atoms with Gasteiger partial charge in [0.25, 0.3) is 0 Å². The van der Waals surface area contributed by atoms with E-state index in [0.29, 0.717) is 32.7 Å². The van der Waals surface area contributed by atoms with Crippen molar-refractivity contribution in [3.63, 3.8) is 0 Å². The van der Waals surface area contributed by atoms with E-state index in [0.717, 1.165) is 0 Å². The maximum absolute atomic E-state index is 12.7. The van der Waals surface area contributed by atoms with E-state index in [1.807, 2.05) is 32.6 Å². The van der Waals surface area contributed by atoms with Crippen molar-refractivity contribution < 1.29 is 14.3 Å². The van der Waals surface area contributed by atoms with Crippen molar-refractivity contribution in [2.45, 2.75) is 51.9 Å². The summed E-state index contributed by atoms with van der Waals surface area (Å²) in [6, 6.07) is 0. The Hall–Kier alpha value is -0.650. The van der Waals surface area contributed by atoms with E-state index in [4.69, 9.17) is 15.2 Å². The first-order valence-electron chi connectivity index (χ1n) is 7.14. The standard InChI is InChI=1S/C14H26N2O3/c1-5-18-11-8-14(15,13(11,3)4)12(17)16-6-7-19-10(2)9-16/h10-11H,5-9,15H2,1-4H3. The molecule has 1 aliphatic heterocycles. The minimum Gasteiger partial charge on any atom is -0.378 e. The minimum absolute atomic E-state index is 0.0450. The number of ether oxygens (including phenoxy) is 2. The molecule has 1 amide bonds. The Morgan fingerprint density at radius 1 is 1.53 bits per heavy atom. The third-order valence-electron chi connectivity index (χ3n) is 4.74. The first-order chi connectivity index (χ1) is 8.83. The Morgan fingerprint density at radius 3 is 2.74 bits per heavy atom. The fourth-order valence-electron chi connectivity index (χ4n) is 3.08. The second-order valence-electron chi connectivity index (χ2n) is 6.27. The molecule has 3 atom stereocenters. The van der Waals surface area contributed by atoms with Crippen molar-refractivity contribution >= 4 is 5.91 Å². The van der Waals surface area contributed by atoms with Crippen molar-refractivity contribution in [1.82, 2.24) is 4.90 Å². The summed E-state index contributed by atoms with van der Waals surface area (Å²) >= 11 is 0. The van der Waals surface area contributed by atoms with Crippen molar-refractivity contribution in [2.24, 2.45) is 11.1 Å². The number of nitrogens with two attached hydrogens (primary N) is 1. The summed E-state index contributed by atoms with van der Waals surface area (Å²) in [5.74, 6) is 0.0450. The van der Waals surface area contributed by atoms with E-state index in [-0.39, 0.29) is 23.5 Å². The number of nitrogens with zero attached hydrogens (tertiary/aromatic N) is 1. The number of morpholine rings is 1. The number of hydrogen-bond donors (Lipinski definition) is 1. The van der Waals surface area contributed by atoms with Gasteiger partial charge in [-0.3, -0.25) is 4.79 Å². The zero-order chi connectivity index (χ0) is 14.3. The predicted molar refractivity (Wildman–Crippen MR) is 72.7 cm³/mol. The van der Waals surface area contributed by atoms with Crippen LogP contribution in [-0.2, 0) is 14.3 Å². The third-order valence-corrected chi connectivity index (χ3v) is 4.74. The Kier molecular flexibility index (Phi) is 3.91. The molecule has 2 rings (SSSR count). The molecule has 0 spiro atoms. The molecule has 1 saturated heterocycles. The molecular formula is C14H26N2O3. The van der Waals surface area contributed by atoms with Crippen molar-refractivity contribution in [3.8, 4) is 0 Å². The summed E-state index contributed by atoms with van der Waals surface area (Å²) < 4.78 is 11.1. The average molecular weight is 270 g/mol. The van der Waals surface area contributed by atoms with Gasteiger partial charge in [0.2, 0.25) is 5.91 Å². The fourth-order valence-corrected chi connectivity index (χ4v) is 3.08. The van der Waals surface area contributed by atoms with Crippen LogP contribution in [0, 0.1) is 5.41 Å². The van der Waals surface area contributed by atoms with Gasteiger partial charge in [-0.25, -0.2) is 0 Å². The number of carbonyl (C=O) groups is 1. The number of amides is 1. The Labute approximate surface area is 115 Å². The molecule has 3 unspecified atom stereocenters. The summed E-state index contributed by atoms with van der Waals surface area (Å²) in [6.45, 7) is 10.5. The molecule has 5 heteroatoms. The van der Waals surface area contributed by atoms with Gasteiger partial charge in [0, 0.05) is 31.5 Å². The lowest BCUT2D eigenvalue weighted by atomic mass is 9.54. The van der Waals surface area contributed by atoms with Gasteiger partial charge < -0.3 is 20.1 Å². The smallest absolute Gasteiger partial charge is 0.243 e. The molecule has 0 aromatic carbocycles. The molecule has 110 valence electrons. The highest BCUT2D eigenvalue weighted by molar-refractivity contribution is 5.89. The van der Waals surface area contributed by atoms with Crippen molar-refractivity contribution in [3.05, 3.63) is 0 Å². The summed E-state index contributed by atoms with van der Waals surface area (Å²) in [5.41, 5.74) is 5.29. The molecule has 0 bridgehead atoms. The minimum atomic E-state index is -0.802. The van der Waals surface area contributed by atoms with Gasteiger partial charge in [0.1, 0.15) is 5.54 Å². The molecule has 1 aliphatic carbocycles. The molecule has 2 fully saturated rings. The summed E-state index contributed by atoms with van der Waals surface area (Å²) in [4.78, 5) is 14.5. The first kappa shape index (κ1) is 14.8. The third kappa shape index (κ3) is 2.28. The van der Waals surface area contributed by atoms with E-state index in [2.05, 4.69) is 0 Å². The quantitative estimate of drug-likeness (QED) is 0.822. The molecule has 0 aromatic heterocycles. The molecule has 1 heterocycles. The molecule has 0 aromatic rings. The van der Waals surface area contributed by atoms with E-state index >= 15 is 0 Å². The van der Waals surface area contributed by atoms with Crippen LogP contribution in [0.15, 0.2) is 0 Å². The fraction of sp³-hybridized carbons (Fsp3) is 0.929. The second kappa shape index (κ2) is 5.04. The summed E-state index contributed by atoms with van der Waals surface area (Å²) in [6.07, 6.45) is 0.774. The van der Waals surface area contributed by atoms with Gasteiger partial charge in [0.05, 0.1) is 18.8 Å². The zero-order valence-electron chi connectivity index (χ0n) is 12.4. The maximum Gasteiger partial charge on any atom is 0.243 e. The molecule has 0 radical (unpaired) electrons. The van der Waals surface area contributed by atoms with E-state index in [1.54, 1.807) is 0 Å². The summed E-state index contributed by atoms with van der Waals surface area (Å²) in [5, 5.41) is 0. The van der Waals surface area contributed by atoms with Crippen LogP contribution in [0.25, 0.3) is 0 Å². The van der Waals surface area contributed by atoms with Gasteiger partial charge >= 0.3 is 0 Å². The first-order valence-corrected chi connectivity index (χ1v) is 7.14. The topological polar surface area (TPSA) is 64.8 Å². The van der Waals surface area contributed by atoms with Crippen LogP contribution in [-0.4, -0.2) is 54.9 Å². The maximum atomic E-state index is 12.7. The van der Waals surface area contributed by atoms with Crippen molar-refractivity contribution in [1.29, 1.82) is 0 Å². The highest BCUT2D eigenvalue weighted by Crippen LogP contribution is 2.50. The van der Waals surface area contributed by atoms with Crippen LogP contribution in [0.3, 0.4) is 0 Å². The molecule has 5 nitrogen and oxygen atoms in total. The number of rotatable bonds is 3. The Morgan fingerprint density at radius 2 is 2.21 bits per heavy atom. The molecule has 19 heavy (non-hydrogen) atoms. The molecule has 2 aliphatic rings. The zero-order valence-corrected chi connectivity index (χ0v) is 12.4. The summed E-state index contributed by atoms with van der Waals surface area (Å²) in [7, 11) is 0.